The first-order valence-electron chi connectivity index (χ1n) is 6.51. The number of benzene rings is 2. The minimum absolute atomic E-state index is 0.236. The summed E-state index contributed by atoms with van der Waals surface area (Å²) >= 11 is 0. The van der Waals surface area contributed by atoms with Crippen LogP contribution in [0.25, 0.3) is 10.8 Å². The van der Waals surface area contributed by atoms with E-state index in [0.717, 1.165) is 27.5 Å². The molecule has 2 aromatic carbocycles. The number of aromatic nitrogens is 1. The molecule has 0 radical (unpaired) electrons. The van der Waals surface area contributed by atoms with E-state index >= 15 is 0 Å². The molecule has 0 fully saturated rings. The van der Waals surface area contributed by atoms with E-state index in [1.165, 1.54) is 12.1 Å². The predicted molar refractivity (Wildman–Crippen MR) is 78.9 cm³/mol. The predicted octanol–water partition coefficient (Wildman–Crippen LogP) is 3.73. The molecule has 2 nitrogen and oxygen atoms in total. The number of pyridine rings is 1. The van der Waals surface area contributed by atoms with E-state index in [-0.39, 0.29) is 11.9 Å². The second-order valence-corrected chi connectivity index (χ2v) is 4.92. The molecule has 2 N–H and O–H groups in total. The largest absolute Gasteiger partial charge is 0.320 e. The van der Waals surface area contributed by atoms with Crippen LogP contribution in [-0.4, -0.2) is 4.98 Å². The highest BCUT2D eigenvalue weighted by Gasteiger charge is 2.14. The van der Waals surface area contributed by atoms with Crippen LogP contribution < -0.4 is 5.73 Å². The Morgan fingerprint density at radius 2 is 1.95 bits per heavy atom. The van der Waals surface area contributed by atoms with Crippen LogP contribution in [0.4, 0.5) is 4.39 Å². The first-order chi connectivity index (χ1) is 9.66. The number of hydrogen-bond donors (Lipinski definition) is 1. The van der Waals surface area contributed by atoms with Crippen LogP contribution in [0, 0.1) is 12.7 Å². The third kappa shape index (κ3) is 2.17. The van der Waals surface area contributed by atoms with Crippen molar-refractivity contribution in [3.05, 3.63) is 77.4 Å². The lowest BCUT2D eigenvalue weighted by atomic mass is 9.92. The Balaban J connectivity index is 2.15. The highest BCUT2D eigenvalue weighted by Crippen LogP contribution is 2.28. The molecule has 3 heteroatoms. The lowest BCUT2D eigenvalue weighted by Gasteiger charge is -2.17. The maximum Gasteiger partial charge on any atom is 0.123 e. The monoisotopic (exact) mass is 266 g/mol. The van der Waals surface area contributed by atoms with Gasteiger partial charge in [-0.05, 0) is 47.2 Å². The second kappa shape index (κ2) is 5.02. The molecule has 20 heavy (non-hydrogen) atoms. The van der Waals surface area contributed by atoms with Gasteiger partial charge in [-0.25, -0.2) is 4.39 Å². The first kappa shape index (κ1) is 12.8. The van der Waals surface area contributed by atoms with E-state index < -0.39 is 0 Å². The zero-order valence-electron chi connectivity index (χ0n) is 11.2. The first-order valence-corrected chi connectivity index (χ1v) is 6.51. The van der Waals surface area contributed by atoms with Crippen LogP contribution in [0.3, 0.4) is 0 Å². The summed E-state index contributed by atoms with van der Waals surface area (Å²) in [4.78, 5) is 4.12. The quantitative estimate of drug-likeness (QED) is 0.767. The van der Waals surface area contributed by atoms with Gasteiger partial charge in [0, 0.05) is 17.8 Å². The summed E-state index contributed by atoms with van der Waals surface area (Å²) in [6.45, 7) is 1.88. The Labute approximate surface area is 117 Å². The minimum Gasteiger partial charge on any atom is -0.320 e. The lowest BCUT2D eigenvalue weighted by Crippen LogP contribution is -2.13. The second-order valence-electron chi connectivity index (χ2n) is 4.92. The molecule has 3 rings (SSSR count). The molecule has 1 atom stereocenters. The summed E-state index contributed by atoms with van der Waals surface area (Å²) in [5.41, 5.74) is 9.22. The van der Waals surface area contributed by atoms with Gasteiger partial charge < -0.3 is 5.73 Å². The fourth-order valence-corrected chi connectivity index (χ4v) is 2.57. The van der Waals surface area contributed by atoms with Crippen molar-refractivity contribution in [2.45, 2.75) is 13.0 Å². The minimum atomic E-state index is -0.276. The van der Waals surface area contributed by atoms with Gasteiger partial charge in [0.1, 0.15) is 5.82 Å². The number of nitrogens with zero attached hydrogens (tertiary/aromatic N) is 1. The fourth-order valence-electron chi connectivity index (χ4n) is 2.57. The van der Waals surface area contributed by atoms with Crippen molar-refractivity contribution >= 4 is 10.8 Å². The number of nitrogens with two attached hydrogens (primary N) is 1. The summed E-state index contributed by atoms with van der Waals surface area (Å²) in [7, 11) is 0. The van der Waals surface area contributed by atoms with E-state index in [1.807, 2.05) is 37.4 Å². The van der Waals surface area contributed by atoms with Gasteiger partial charge in [0.15, 0.2) is 0 Å². The number of halogens is 1. The molecule has 1 unspecified atom stereocenters. The van der Waals surface area contributed by atoms with E-state index in [4.69, 9.17) is 5.73 Å². The highest BCUT2D eigenvalue weighted by molar-refractivity contribution is 5.85. The van der Waals surface area contributed by atoms with Crippen molar-refractivity contribution in [3.63, 3.8) is 0 Å². The zero-order valence-corrected chi connectivity index (χ0v) is 11.2. The van der Waals surface area contributed by atoms with Crippen molar-refractivity contribution in [1.29, 1.82) is 0 Å². The van der Waals surface area contributed by atoms with E-state index in [1.54, 1.807) is 12.3 Å². The van der Waals surface area contributed by atoms with Crippen molar-refractivity contribution in [2.24, 2.45) is 5.73 Å². The van der Waals surface area contributed by atoms with Gasteiger partial charge >= 0.3 is 0 Å². The molecule has 1 heterocycles. The van der Waals surface area contributed by atoms with Crippen LogP contribution in [0.15, 0.2) is 54.9 Å². The van der Waals surface area contributed by atoms with Crippen molar-refractivity contribution in [3.8, 4) is 0 Å². The van der Waals surface area contributed by atoms with Crippen molar-refractivity contribution < 1.29 is 4.39 Å². The van der Waals surface area contributed by atoms with E-state index in [2.05, 4.69) is 4.98 Å². The topological polar surface area (TPSA) is 38.9 Å². The van der Waals surface area contributed by atoms with Crippen molar-refractivity contribution in [2.75, 3.05) is 0 Å². The Kier molecular flexibility index (Phi) is 3.20. The molecule has 100 valence electrons. The molecular weight excluding hydrogens is 251 g/mol. The van der Waals surface area contributed by atoms with Crippen LogP contribution in [-0.2, 0) is 0 Å². The molecule has 0 saturated carbocycles. The normalized spacial score (nSPS) is 12.6. The van der Waals surface area contributed by atoms with E-state index in [0.29, 0.717) is 0 Å². The third-order valence-corrected chi connectivity index (χ3v) is 3.62. The SMILES string of the molecule is Cc1cc(F)ccc1C(N)c1cccc2cnccc12. The highest BCUT2D eigenvalue weighted by atomic mass is 19.1. The van der Waals surface area contributed by atoms with Crippen molar-refractivity contribution in [1.82, 2.24) is 4.98 Å². The maximum atomic E-state index is 13.2. The van der Waals surface area contributed by atoms with Crippen LogP contribution in [0.1, 0.15) is 22.7 Å². The number of aryl methyl sites for hydroxylation is 1. The smallest absolute Gasteiger partial charge is 0.123 e. The summed E-state index contributed by atoms with van der Waals surface area (Å²) < 4.78 is 13.2. The molecule has 3 aromatic rings. The van der Waals surface area contributed by atoms with Gasteiger partial charge in [-0.3, -0.25) is 4.98 Å². The Morgan fingerprint density at radius 3 is 2.75 bits per heavy atom. The summed E-state index contributed by atoms with van der Waals surface area (Å²) in [6, 6.07) is 12.4. The number of rotatable bonds is 2. The molecule has 0 amide bonds. The molecule has 0 spiro atoms. The van der Waals surface area contributed by atoms with Crippen LogP contribution in [0.2, 0.25) is 0 Å². The zero-order chi connectivity index (χ0) is 14.1. The summed E-state index contributed by atoms with van der Waals surface area (Å²) in [5, 5.41) is 2.14. The van der Waals surface area contributed by atoms with Gasteiger partial charge in [-0.15, -0.1) is 0 Å². The van der Waals surface area contributed by atoms with Gasteiger partial charge in [0.25, 0.3) is 0 Å². The van der Waals surface area contributed by atoms with E-state index in [9.17, 15) is 4.39 Å². The number of fused-ring (bicyclic) bond motifs is 1. The number of hydrogen-bond acceptors (Lipinski definition) is 2. The van der Waals surface area contributed by atoms with Gasteiger partial charge in [-0.1, -0.05) is 24.3 Å². The fraction of sp³-hybridized carbons (Fsp3) is 0.118. The third-order valence-electron chi connectivity index (χ3n) is 3.62. The Morgan fingerprint density at radius 1 is 1.10 bits per heavy atom. The molecule has 0 aliphatic carbocycles. The van der Waals surface area contributed by atoms with Gasteiger partial charge in [0.2, 0.25) is 0 Å². The molecule has 0 aliphatic heterocycles. The average Bonchev–Trinajstić information content (AvgIpc) is 2.46. The van der Waals surface area contributed by atoms with Crippen LogP contribution >= 0.6 is 0 Å². The Hall–Kier alpha value is -2.26. The standard InChI is InChI=1S/C17H15FN2/c1-11-9-13(18)5-6-14(11)17(19)16-4-2-3-12-10-20-8-7-15(12)16/h2-10,17H,19H2,1H3. The lowest BCUT2D eigenvalue weighted by molar-refractivity contribution is 0.625. The van der Waals surface area contributed by atoms with Crippen LogP contribution in [0.5, 0.6) is 0 Å². The van der Waals surface area contributed by atoms with Gasteiger partial charge in [-0.2, -0.15) is 0 Å². The Bertz CT molecular complexity index is 763. The maximum absolute atomic E-state index is 13.2. The summed E-state index contributed by atoms with van der Waals surface area (Å²) in [6.07, 6.45) is 3.58. The van der Waals surface area contributed by atoms with Gasteiger partial charge in [0.05, 0.1) is 6.04 Å². The molecule has 0 bridgehead atoms. The average molecular weight is 266 g/mol. The molecule has 1 aromatic heterocycles. The molecule has 0 aliphatic rings. The summed E-state index contributed by atoms with van der Waals surface area (Å²) in [5.74, 6) is -0.236. The molecular formula is C17H15FN2. The molecule has 0 saturated heterocycles.